The number of hydrazine groups is 1. The highest BCUT2D eigenvalue weighted by Crippen LogP contribution is 2.31. The molecule has 2 aromatic rings. The van der Waals surface area contributed by atoms with Crippen LogP contribution in [0.3, 0.4) is 0 Å². The lowest BCUT2D eigenvalue weighted by Crippen LogP contribution is -2.56. The topological polar surface area (TPSA) is 98.6 Å². The highest BCUT2D eigenvalue weighted by Gasteiger charge is 2.46. The summed E-state index contributed by atoms with van der Waals surface area (Å²) in [5.74, 6) is -4.19. The summed E-state index contributed by atoms with van der Waals surface area (Å²) >= 11 is 0. The van der Waals surface area contributed by atoms with Gasteiger partial charge in [0.15, 0.2) is 4.87 Å². The van der Waals surface area contributed by atoms with Crippen molar-refractivity contribution >= 4 is 23.3 Å². The number of ketones is 1. The Kier molecular flexibility index (Phi) is 6.61. The van der Waals surface area contributed by atoms with Crippen LogP contribution in [0.1, 0.15) is 30.9 Å². The standard InChI is InChI=1S/C22H22F2N4O4/c1-12-17-6-4-5-7-18(17)27(3)28(32)21(20(12)30)26-22(31)13(2)25-19(29)10-14-8-15(23)11-16(24)9-14/h4-9,11-13,21H,10H2,1-3H3,(H-,25,26,29,31)/p+1/t12?,13-,21?/m0/s1. The van der Waals surface area contributed by atoms with Gasteiger partial charge in [-0.15, -0.1) is 5.01 Å². The van der Waals surface area contributed by atoms with Crippen LogP contribution in [0, 0.1) is 16.5 Å². The molecule has 1 aliphatic rings. The fraction of sp³-hybridized carbons (Fsp3) is 0.318. The van der Waals surface area contributed by atoms with Gasteiger partial charge in [-0.25, -0.2) is 8.78 Å². The molecule has 0 radical (unpaired) electrons. The van der Waals surface area contributed by atoms with Crippen LogP contribution in [-0.2, 0) is 20.8 Å². The highest BCUT2D eigenvalue weighted by atomic mass is 19.1. The quantitative estimate of drug-likeness (QED) is 0.686. The van der Waals surface area contributed by atoms with Gasteiger partial charge >= 0.3 is 6.17 Å². The smallest absolute Gasteiger partial charge is 0.344 e. The average Bonchev–Trinajstić information content (AvgIpc) is 2.79. The second kappa shape index (κ2) is 9.21. The number of hydrogen-bond donors (Lipinski definition) is 2. The largest absolute Gasteiger partial charge is 0.368 e. The molecule has 2 unspecified atom stereocenters. The third-order valence-electron chi connectivity index (χ3n) is 5.30. The maximum atomic E-state index is 13.3. The summed E-state index contributed by atoms with van der Waals surface area (Å²) in [6.07, 6.45) is -1.84. The zero-order valence-corrected chi connectivity index (χ0v) is 17.8. The molecule has 0 fully saturated rings. The van der Waals surface area contributed by atoms with Crippen LogP contribution in [0.25, 0.3) is 0 Å². The van der Waals surface area contributed by atoms with E-state index >= 15 is 0 Å². The van der Waals surface area contributed by atoms with E-state index in [1.165, 1.54) is 19.0 Å². The number of benzene rings is 2. The van der Waals surface area contributed by atoms with Gasteiger partial charge in [0.1, 0.15) is 23.4 Å². The SMILES string of the molecule is CC1C(=O)C(NC(=O)[C@H](C)NC(=O)Cc2cc(F)cc(F)c2)[N+](=O)N(C)c2ccccc21. The molecule has 0 aliphatic carbocycles. The van der Waals surface area contributed by atoms with Gasteiger partial charge in [-0.2, -0.15) is 0 Å². The number of rotatable bonds is 5. The fourth-order valence-corrected chi connectivity index (χ4v) is 3.57. The lowest BCUT2D eigenvalue weighted by molar-refractivity contribution is -0.584. The minimum Gasteiger partial charge on any atom is -0.344 e. The van der Waals surface area contributed by atoms with Crippen molar-refractivity contribution in [3.63, 3.8) is 0 Å². The molecule has 2 aromatic carbocycles. The Hall–Kier alpha value is -3.69. The molecule has 2 N–H and O–H groups in total. The first kappa shape index (κ1) is 23.0. The molecule has 168 valence electrons. The molecule has 1 heterocycles. The Bertz CT molecular complexity index is 1030. The summed E-state index contributed by atoms with van der Waals surface area (Å²) in [6.45, 7) is 3.02. The van der Waals surface area contributed by atoms with Crippen molar-refractivity contribution < 1.29 is 28.0 Å². The molecule has 0 spiro atoms. The van der Waals surface area contributed by atoms with Crippen molar-refractivity contribution in [2.45, 2.75) is 38.4 Å². The van der Waals surface area contributed by atoms with Crippen molar-refractivity contribution in [3.05, 3.63) is 70.1 Å². The molecular weight excluding hydrogens is 422 g/mol. The molecule has 0 bridgehead atoms. The van der Waals surface area contributed by atoms with E-state index in [-0.39, 0.29) is 12.0 Å². The van der Waals surface area contributed by atoms with Gasteiger partial charge in [-0.05, 0) is 36.2 Å². The van der Waals surface area contributed by atoms with Crippen molar-refractivity contribution in [2.24, 2.45) is 0 Å². The normalized spacial score (nSPS) is 19.1. The van der Waals surface area contributed by atoms with Crippen molar-refractivity contribution in [1.29, 1.82) is 0 Å². The maximum absolute atomic E-state index is 13.3. The van der Waals surface area contributed by atoms with Crippen molar-refractivity contribution in [2.75, 3.05) is 12.1 Å². The third-order valence-corrected chi connectivity index (χ3v) is 5.30. The van der Waals surface area contributed by atoms with Gasteiger partial charge in [-0.1, -0.05) is 25.1 Å². The van der Waals surface area contributed by atoms with Gasteiger partial charge in [-0.3, -0.25) is 19.7 Å². The van der Waals surface area contributed by atoms with Gasteiger partial charge in [0.2, 0.25) is 17.6 Å². The second-order valence-corrected chi connectivity index (χ2v) is 7.66. The molecule has 32 heavy (non-hydrogen) atoms. The monoisotopic (exact) mass is 445 g/mol. The Labute approximate surface area is 183 Å². The Morgan fingerprint density at radius 3 is 2.44 bits per heavy atom. The number of anilines is 1. The van der Waals surface area contributed by atoms with E-state index in [1.54, 1.807) is 31.2 Å². The van der Waals surface area contributed by atoms with Crippen LogP contribution >= 0.6 is 0 Å². The van der Waals surface area contributed by atoms with E-state index in [4.69, 9.17) is 0 Å². The van der Waals surface area contributed by atoms with Crippen LogP contribution < -0.4 is 15.6 Å². The third kappa shape index (κ3) is 4.79. The van der Waals surface area contributed by atoms with E-state index in [0.29, 0.717) is 22.2 Å². The number of amides is 2. The summed E-state index contributed by atoms with van der Waals surface area (Å²) in [5.41, 5.74) is 1.30. The van der Waals surface area contributed by atoms with E-state index in [0.717, 1.165) is 12.1 Å². The number of fused-ring (bicyclic) bond motifs is 1. The number of halogens is 2. The first-order chi connectivity index (χ1) is 15.1. The predicted molar refractivity (Wildman–Crippen MR) is 111 cm³/mol. The maximum Gasteiger partial charge on any atom is 0.368 e. The number of nitrogens with zero attached hydrogens (tertiary/aromatic N) is 2. The van der Waals surface area contributed by atoms with E-state index in [9.17, 15) is 28.1 Å². The first-order valence-corrected chi connectivity index (χ1v) is 9.96. The van der Waals surface area contributed by atoms with Crippen LogP contribution in [0.2, 0.25) is 0 Å². The molecule has 8 nitrogen and oxygen atoms in total. The first-order valence-electron chi connectivity index (χ1n) is 9.96. The van der Waals surface area contributed by atoms with Crippen molar-refractivity contribution in [3.8, 4) is 0 Å². The summed E-state index contributed by atoms with van der Waals surface area (Å²) in [7, 11) is 1.49. The Morgan fingerprint density at radius 1 is 1.16 bits per heavy atom. The zero-order valence-electron chi connectivity index (χ0n) is 17.8. The van der Waals surface area contributed by atoms with E-state index < -0.39 is 47.4 Å². The number of hydrogen-bond acceptors (Lipinski definition) is 4. The van der Waals surface area contributed by atoms with Crippen LogP contribution in [0.15, 0.2) is 42.5 Å². The summed E-state index contributed by atoms with van der Waals surface area (Å²) < 4.78 is 26.6. The summed E-state index contributed by atoms with van der Waals surface area (Å²) in [6, 6.07) is 8.55. The van der Waals surface area contributed by atoms with Gasteiger partial charge < -0.3 is 5.32 Å². The highest BCUT2D eigenvalue weighted by molar-refractivity contribution is 5.95. The Balaban J connectivity index is 1.68. The van der Waals surface area contributed by atoms with Crippen LogP contribution in [0.4, 0.5) is 14.5 Å². The molecular formula is C22H23F2N4O4+. The second-order valence-electron chi connectivity index (χ2n) is 7.66. The minimum atomic E-state index is -1.49. The van der Waals surface area contributed by atoms with E-state index in [2.05, 4.69) is 10.6 Å². The number of nitrogens with one attached hydrogen (secondary N) is 2. The number of Topliss-reactive ketones (excluding diaryl/α,β-unsaturated/α-hetero) is 1. The number of para-hydroxylation sites is 1. The number of carbonyl (C=O) groups excluding carboxylic acids is 3. The fourth-order valence-electron chi connectivity index (χ4n) is 3.57. The molecule has 10 heteroatoms. The summed E-state index contributed by atoms with van der Waals surface area (Å²) in [4.78, 5) is 50.9. The molecule has 0 aromatic heterocycles. The summed E-state index contributed by atoms with van der Waals surface area (Å²) in [5, 5.41) is 6.03. The molecule has 2 amide bonds. The number of nitroso groups, excluding NO2 is 1. The van der Waals surface area contributed by atoms with Gasteiger partial charge in [0.25, 0.3) is 0 Å². The molecule has 3 rings (SSSR count). The van der Waals surface area contributed by atoms with Crippen molar-refractivity contribution in [1.82, 2.24) is 10.6 Å². The predicted octanol–water partition coefficient (Wildman–Crippen LogP) is 1.97. The van der Waals surface area contributed by atoms with Crippen LogP contribution in [0.5, 0.6) is 0 Å². The molecule has 0 saturated carbocycles. The molecule has 3 atom stereocenters. The minimum absolute atomic E-state index is 0.102. The van der Waals surface area contributed by atoms with Gasteiger partial charge in [0, 0.05) is 6.07 Å². The van der Waals surface area contributed by atoms with Crippen LogP contribution in [-0.4, -0.2) is 41.7 Å². The lowest BCUT2D eigenvalue weighted by Gasteiger charge is -2.17. The Morgan fingerprint density at radius 2 is 1.78 bits per heavy atom. The number of carbonyl (C=O) groups is 3. The van der Waals surface area contributed by atoms with E-state index in [1.807, 2.05) is 0 Å². The zero-order chi connectivity index (χ0) is 23.6. The average molecular weight is 445 g/mol. The molecule has 0 saturated heterocycles. The lowest BCUT2D eigenvalue weighted by atomic mass is 9.94. The molecule has 1 aliphatic heterocycles. The van der Waals surface area contributed by atoms with Gasteiger partial charge in [0.05, 0.1) is 24.3 Å².